The topological polar surface area (TPSA) is 57.3 Å². The van der Waals surface area contributed by atoms with Gasteiger partial charge in [-0.15, -0.1) is 5.10 Å². The minimum Gasteiger partial charge on any atom is -0.497 e. The maximum absolute atomic E-state index is 13.0. The van der Waals surface area contributed by atoms with Gasteiger partial charge in [0.1, 0.15) is 22.7 Å². The van der Waals surface area contributed by atoms with Crippen LogP contribution in [0.1, 0.15) is 0 Å². The minimum atomic E-state index is -0.375. The predicted octanol–water partition coefficient (Wildman–Crippen LogP) is 3.23. The predicted molar refractivity (Wildman–Crippen MR) is 82.7 cm³/mol. The molecule has 23 heavy (non-hydrogen) atoms. The van der Waals surface area contributed by atoms with Crippen molar-refractivity contribution in [1.82, 2.24) is 9.78 Å². The zero-order valence-electron chi connectivity index (χ0n) is 12.1. The lowest BCUT2D eigenvalue weighted by atomic mass is 10.2. The van der Waals surface area contributed by atoms with Gasteiger partial charge < -0.3 is 9.15 Å². The highest BCUT2D eigenvalue weighted by atomic mass is 19.1. The monoisotopic (exact) mass is 310 g/mol. The van der Waals surface area contributed by atoms with Crippen LogP contribution in [0.15, 0.2) is 57.7 Å². The summed E-state index contributed by atoms with van der Waals surface area (Å²) in [6.07, 6.45) is 0. The zero-order chi connectivity index (χ0) is 16.0. The van der Waals surface area contributed by atoms with E-state index in [4.69, 9.17) is 9.15 Å². The van der Waals surface area contributed by atoms with E-state index in [9.17, 15) is 9.18 Å². The first-order valence-electron chi connectivity index (χ1n) is 6.92. The van der Waals surface area contributed by atoms with E-state index in [0.29, 0.717) is 22.6 Å². The van der Waals surface area contributed by atoms with E-state index in [-0.39, 0.29) is 17.3 Å². The number of hydrogen-bond acceptors (Lipinski definition) is 4. The van der Waals surface area contributed by atoms with E-state index >= 15 is 0 Å². The van der Waals surface area contributed by atoms with Gasteiger partial charge in [-0.05, 0) is 42.5 Å². The van der Waals surface area contributed by atoms with Gasteiger partial charge in [-0.1, -0.05) is 0 Å². The molecule has 2 aromatic carbocycles. The lowest BCUT2D eigenvalue weighted by Crippen LogP contribution is -2.14. The molecule has 2 aliphatic rings. The fraction of sp³-hybridized carbons (Fsp3) is 0.0588. The summed E-state index contributed by atoms with van der Waals surface area (Å²) in [5.41, 5.74) is 1.10. The smallest absolute Gasteiger partial charge is 0.284 e. The third-order valence-electron chi connectivity index (χ3n) is 3.64. The number of rotatable bonds is 2. The summed E-state index contributed by atoms with van der Waals surface area (Å²) in [6, 6.07) is 12.6. The highest BCUT2D eigenvalue weighted by molar-refractivity contribution is 5.83. The standard InChI is InChI=1S/C17H11FN2O3/c1-22-13-7-2-10-8-14-16(23-15(10)9-13)19-20(17(14)21)12-5-3-11(18)4-6-12/h2-9H,1H3. The first-order chi connectivity index (χ1) is 11.2. The summed E-state index contributed by atoms with van der Waals surface area (Å²) in [7, 11) is 1.57. The third-order valence-corrected chi connectivity index (χ3v) is 3.64. The van der Waals surface area contributed by atoms with Crippen molar-refractivity contribution < 1.29 is 13.5 Å². The van der Waals surface area contributed by atoms with Gasteiger partial charge >= 0.3 is 0 Å². The zero-order valence-corrected chi connectivity index (χ0v) is 12.1. The molecule has 0 aliphatic carbocycles. The normalized spacial score (nSPS) is 11.2. The van der Waals surface area contributed by atoms with Gasteiger partial charge in [-0.3, -0.25) is 4.79 Å². The molecule has 2 aromatic rings. The van der Waals surface area contributed by atoms with Gasteiger partial charge in [0.15, 0.2) is 0 Å². The van der Waals surface area contributed by atoms with Crippen LogP contribution in [-0.4, -0.2) is 16.9 Å². The summed E-state index contributed by atoms with van der Waals surface area (Å²) in [5, 5.41) is 4.96. The van der Waals surface area contributed by atoms with Crippen LogP contribution >= 0.6 is 0 Å². The van der Waals surface area contributed by atoms with E-state index in [1.54, 1.807) is 25.3 Å². The van der Waals surface area contributed by atoms with Crippen LogP contribution in [0, 0.1) is 5.82 Å². The first-order valence-corrected chi connectivity index (χ1v) is 6.92. The number of benzene rings is 2. The lowest BCUT2D eigenvalue weighted by Gasteiger charge is -2.02. The quantitative estimate of drug-likeness (QED) is 0.570. The Morgan fingerprint density at radius 2 is 1.91 bits per heavy atom. The van der Waals surface area contributed by atoms with Crippen molar-refractivity contribution in [2.24, 2.45) is 0 Å². The van der Waals surface area contributed by atoms with Crippen LogP contribution < -0.4 is 10.3 Å². The van der Waals surface area contributed by atoms with Crippen molar-refractivity contribution in [3.05, 3.63) is 64.7 Å². The SMILES string of the molecule is COc1ccc2cc3c(=O)n(-c4ccc(F)cc4)nc-3oc2c1. The summed E-state index contributed by atoms with van der Waals surface area (Å²) in [6.45, 7) is 0. The molecule has 0 atom stereocenters. The van der Waals surface area contributed by atoms with Crippen molar-refractivity contribution in [3.8, 4) is 22.9 Å². The molecule has 0 saturated heterocycles. The number of halogens is 1. The Bertz CT molecular complexity index is 1030. The fourth-order valence-corrected chi connectivity index (χ4v) is 2.46. The van der Waals surface area contributed by atoms with Crippen LogP contribution in [0.3, 0.4) is 0 Å². The molecule has 114 valence electrons. The van der Waals surface area contributed by atoms with Gasteiger partial charge in [-0.25, -0.2) is 4.39 Å². The Morgan fingerprint density at radius 3 is 2.65 bits per heavy atom. The summed E-state index contributed by atoms with van der Waals surface area (Å²) in [5.74, 6) is 0.501. The first kappa shape index (κ1) is 13.5. The number of ether oxygens (including phenoxy) is 1. The molecule has 0 fully saturated rings. The maximum atomic E-state index is 13.0. The van der Waals surface area contributed by atoms with Gasteiger partial charge in [0.05, 0.1) is 12.8 Å². The summed E-state index contributed by atoms with van der Waals surface area (Å²) >= 11 is 0. The van der Waals surface area contributed by atoms with Gasteiger partial charge in [0, 0.05) is 11.5 Å². The highest BCUT2D eigenvalue weighted by Crippen LogP contribution is 2.27. The third kappa shape index (κ3) is 2.15. The molecule has 2 aliphatic heterocycles. The Hall–Kier alpha value is -3.15. The number of fused-ring (bicyclic) bond motifs is 2. The van der Waals surface area contributed by atoms with Crippen LogP contribution in [0.5, 0.6) is 5.75 Å². The molecule has 2 heterocycles. The molecular formula is C17H11FN2O3. The van der Waals surface area contributed by atoms with Crippen molar-refractivity contribution in [2.75, 3.05) is 7.11 Å². The van der Waals surface area contributed by atoms with Crippen LogP contribution in [0.2, 0.25) is 0 Å². The number of hydrogen-bond donors (Lipinski definition) is 0. The molecule has 0 N–H and O–H groups in total. The molecular weight excluding hydrogens is 299 g/mol. The molecule has 6 heteroatoms. The lowest BCUT2D eigenvalue weighted by molar-refractivity contribution is 0.414. The van der Waals surface area contributed by atoms with E-state index in [1.807, 2.05) is 6.07 Å². The average Bonchev–Trinajstić information content (AvgIpc) is 2.89. The molecule has 0 spiro atoms. The molecule has 0 bridgehead atoms. The van der Waals surface area contributed by atoms with Crippen molar-refractivity contribution >= 4 is 11.0 Å². The highest BCUT2D eigenvalue weighted by Gasteiger charge is 2.19. The molecule has 5 nitrogen and oxygen atoms in total. The molecule has 0 aromatic heterocycles. The van der Waals surface area contributed by atoms with E-state index in [0.717, 1.165) is 5.39 Å². The maximum Gasteiger partial charge on any atom is 0.284 e. The average molecular weight is 310 g/mol. The van der Waals surface area contributed by atoms with Crippen molar-refractivity contribution in [3.63, 3.8) is 0 Å². The number of aromatic nitrogens is 2. The fourth-order valence-electron chi connectivity index (χ4n) is 2.46. The van der Waals surface area contributed by atoms with Gasteiger partial charge in [0.2, 0.25) is 5.89 Å². The number of methoxy groups -OCH3 is 1. The van der Waals surface area contributed by atoms with Gasteiger partial charge in [0.25, 0.3) is 5.56 Å². The van der Waals surface area contributed by atoms with Crippen LogP contribution in [0.25, 0.3) is 28.1 Å². The molecule has 4 rings (SSSR count). The second kappa shape index (κ2) is 4.95. The second-order valence-electron chi connectivity index (χ2n) is 5.06. The Morgan fingerprint density at radius 1 is 1.13 bits per heavy atom. The minimum absolute atomic E-state index is 0.222. The molecule has 0 saturated carbocycles. The van der Waals surface area contributed by atoms with Crippen molar-refractivity contribution in [2.45, 2.75) is 0 Å². The largest absolute Gasteiger partial charge is 0.497 e. The Balaban J connectivity index is 1.96. The van der Waals surface area contributed by atoms with Gasteiger partial charge in [-0.2, -0.15) is 4.68 Å². The molecule has 0 radical (unpaired) electrons. The molecule has 0 amide bonds. The number of nitrogens with zero attached hydrogens (tertiary/aromatic N) is 2. The van der Waals surface area contributed by atoms with Crippen molar-refractivity contribution in [1.29, 1.82) is 0 Å². The van der Waals surface area contributed by atoms with E-state index in [1.165, 1.54) is 28.9 Å². The van der Waals surface area contributed by atoms with E-state index < -0.39 is 0 Å². The summed E-state index contributed by atoms with van der Waals surface area (Å²) in [4.78, 5) is 12.5. The Kier molecular flexibility index (Phi) is 2.90. The second-order valence-corrected chi connectivity index (χ2v) is 5.06. The van der Waals surface area contributed by atoms with Crippen LogP contribution in [0.4, 0.5) is 4.39 Å². The van der Waals surface area contributed by atoms with Crippen LogP contribution in [-0.2, 0) is 0 Å². The Labute approximate surface area is 129 Å². The molecule has 0 unspecified atom stereocenters. The summed E-state index contributed by atoms with van der Waals surface area (Å²) < 4.78 is 25.1. The van der Waals surface area contributed by atoms with E-state index in [2.05, 4.69) is 5.10 Å².